The van der Waals surface area contributed by atoms with Crippen LogP contribution in [0.5, 0.6) is 5.75 Å². The highest BCUT2D eigenvalue weighted by atomic mass is 19.1. The Bertz CT molecular complexity index is 331. The molecule has 0 spiro atoms. The van der Waals surface area contributed by atoms with E-state index in [4.69, 9.17) is 10.00 Å². The van der Waals surface area contributed by atoms with Gasteiger partial charge in [0.05, 0.1) is 18.7 Å². The number of rotatable bonds is 5. The summed E-state index contributed by atoms with van der Waals surface area (Å²) in [6.07, 6.45) is 0.602. The van der Waals surface area contributed by atoms with Crippen molar-refractivity contribution in [3.63, 3.8) is 0 Å². The van der Waals surface area contributed by atoms with Crippen LogP contribution in [0.15, 0.2) is 24.3 Å². The summed E-state index contributed by atoms with van der Waals surface area (Å²) in [5.74, 6) is 0.330. The lowest BCUT2D eigenvalue weighted by molar-refractivity contribution is 0.300. The molecule has 1 aromatic rings. The van der Waals surface area contributed by atoms with Gasteiger partial charge in [-0.1, -0.05) is 0 Å². The van der Waals surface area contributed by atoms with Crippen LogP contribution in [0.1, 0.15) is 6.42 Å². The van der Waals surface area contributed by atoms with Gasteiger partial charge in [-0.25, -0.2) is 4.39 Å². The largest absolute Gasteiger partial charge is 0.493 e. The fourth-order valence-electron chi connectivity index (χ4n) is 1.10. The van der Waals surface area contributed by atoms with Gasteiger partial charge in [0.15, 0.2) is 0 Å². The molecule has 1 atom stereocenters. The van der Waals surface area contributed by atoms with Gasteiger partial charge in [0.2, 0.25) is 0 Å². The highest BCUT2D eigenvalue weighted by Gasteiger charge is 2.03. The second kappa shape index (κ2) is 5.99. The first kappa shape index (κ1) is 11.5. The third-order valence-electron chi connectivity index (χ3n) is 1.99. The monoisotopic (exact) mass is 208 g/mol. The summed E-state index contributed by atoms with van der Waals surface area (Å²) in [5, 5.41) is 11.5. The third kappa shape index (κ3) is 3.96. The predicted octanol–water partition coefficient (Wildman–Crippen LogP) is 1.71. The summed E-state index contributed by atoms with van der Waals surface area (Å²) < 4.78 is 17.9. The molecular weight excluding hydrogens is 195 g/mol. The summed E-state index contributed by atoms with van der Waals surface area (Å²) in [5.41, 5.74) is 0. The molecule has 0 aliphatic rings. The highest BCUT2D eigenvalue weighted by molar-refractivity contribution is 5.21. The average Bonchev–Trinajstić information content (AvgIpc) is 2.27. The number of hydrogen-bond donors (Lipinski definition) is 1. The minimum absolute atomic E-state index is 0.203. The van der Waals surface area contributed by atoms with E-state index < -0.39 is 0 Å². The maximum Gasteiger partial charge on any atom is 0.123 e. The Morgan fingerprint density at radius 3 is 2.67 bits per heavy atom. The standard InChI is InChI=1S/C11H13FN2O/c1-14-10(8-13)6-7-15-11-4-2-9(12)3-5-11/h2-5,10,14H,6-7H2,1H3. The Hall–Kier alpha value is -1.60. The second-order valence-electron chi connectivity index (χ2n) is 3.06. The Kier molecular flexibility index (Phi) is 4.58. The fraction of sp³-hybridized carbons (Fsp3) is 0.364. The zero-order valence-corrected chi connectivity index (χ0v) is 8.53. The van der Waals surface area contributed by atoms with Gasteiger partial charge in [-0.05, 0) is 31.3 Å². The molecule has 1 unspecified atom stereocenters. The molecule has 15 heavy (non-hydrogen) atoms. The Balaban J connectivity index is 2.32. The van der Waals surface area contributed by atoms with E-state index in [2.05, 4.69) is 11.4 Å². The molecule has 1 rings (SSSR count). The molecule has 0 aliphatic heterocycles. The number of nitriles is 1. The zero-order valence-electron chi connectivity index (χ0n) is 8.53. The van der Waals surface area contributed by atoms with Crippen molar-refractivity contribution in [3.8, 4) is 11.8 Å². The third-order valence-corrected chi connectivity index (χ3v) is 1.99. The van der Waals surface area contributed by atoms with E-state index in [1.54, 1.807) is 19.2 Å². The van der Waals surface area contributed by atoms with Crippen LogP contribution in [0.4, 0.5) is 4.39 Å². The van der Waals surface area contributed by atoms with Crippen molar-refractivity contribution in [1.82, 2.24) is 5.32 Å². The lowest BCUT2D eigenvalue weighted by Gasteiger charge is -2.09. The van der Waals surface area contributed by atoms with E-state index in [0.29, 0.717) is 18.8 Å². The van der Waals surface area contributed by atoms with E-state index in [-0.39, 0.29) is 11.9 Å². The smallest absolute Gasteiger partial charge is 0.123 e. The van der Waals surface area contributed by atoms with Crippen LogP contribution in [-0.2, 0) is 0 Å². The van der Waals surface area contributed by atoms with Gasteiger partial charge in [0, 0.05) is 6.42 Å². The zero-order chi connectivity index (χ0) is 11.1. The average molecular weight is 208 g/mol. The van der Waals surface area contributed by atoms with Crippen LogP contribution in [0.3, 0.4) is 0 Å². The van der Waals surface area contributed by atoms with E-state index >= 15 is 0 Å². The van der Waals surface area contributed by atoms with Gasteiger partial charge in [0.1, 0.15) is 11.6 Å². The van der Waals surface area contributed by atoms with E-state index in [1.807, 2.05) is 0 Å². The SMILES string of the molecule is CNC(C#N)CCOc1ccc(F)cc1. The summed E-state index contributed by atoms with van der Waals surface area (Å²) in [7, 11) is 1.73. The first-order valence-electron chi connectivity index (χ1n) is 4.71. The van der Waals surface area contributed by atoms with Crippen LogP contribution in [-0.4, -0.2) is 19.7 Å². The van der Waals surface area contributed by atoms with Crippen LogP contribution in [0, 0.1) is 17.1 Å². The molecule has 0 radical (unpaired) electrons. The van der Waals surface area contributed by atoms with Gasteiger partial charge in [-0.2, -0.15) is 5.26 Å². The number of hydrogen-bond acceptors (Lipinski definition) is 3. The summed E-state index contributed by atoms with van der Waals surface area (Å²) in [6, 6.07) is 7.71. The quantitative estimate of drug-likeness (QED) is 0.801. The van der Waals surface area contributed by atoms with Crippen molar-refractivity contribution >= 4 is 0 Å². The van der Waals surface area contributed by atoms with Gasteiger partial charge in [0.25, 0.3) is 0 Å². The highest BCUT2D eigenvalue weighted by Crippen LogP contribution is 2.11. The molecular formula is C11H13FN2O. The second-order valence-corrected chi connectivity index (χ2v) is 3.06. The number of nitrogens with one attached hydrogen (secondary N) is 1. The van der Waals surface area contributed by atoms with Crippen LogP contribution >= 0.6 is 0 Å². The minimum atomic E-state index is -0.285. The van der Waals surface area contributed by atoms with Crippen molar-refractivity contribution in [2.45, 2.75) is 12.5 Å². The lowest BCUT2D eigenvalue weighted by Crippen LogP contribution is -2.25. The topological polar surface area (TPSA) is 45.0 Å². The van der Waals surface area contributed by atoms with Crippen LogP contribution in [0.2, 0.25) is 0 Å². The van der Waals surface area contributed by atoms with Gasteiger partial charge in [-0.3, -0.25) is 0 Å². The number of benzene rings is 1. The van der Waals surface area contributed by atoms with Gasteiger partial charge in [-0.15, -0.1) is 0 Å². The molecule has 0 aromatic heterocycles. The van der Waals surface area contributed by atoms with Crippen LogP contribution < -0.4 is 10.1 Å². The summed E-state index contributed by atoms with van der Waals surface area (Å²) >= 11 is 0. The van der Waals surface area contributed by atoms with Crippen molar-refractivity contribution in [2.75, 3.05) is 13.7 Å². The Labute approximate surface area is 88.5 Å². The molecule has 3 nitrogen and oxygen atoms in total. The van der Waals surface area contributed by atoms with E-state index in [9.17, 15) is 4.39 Å². The molecule has 0 amide bonds. The molecule has 0 fully saturated rings. The van der Waals surface area contributed by atoms with Crippen LogP contribution in [0.25, 0.3) is 0 Å². The maximum atomic E-state index is 12.5. The first-order chi connectivity index (χ1) is 7.26. The Morgan fingerprint density at radius 1 is 1.47 bits per heavy atom. The minimum Gasteiger partial charge on any atom is -0.493 e. The number of nitrogens with zero attached hydrogens (tertiary/aromatic N) is 1. The van der Waals surface area contributed by atoms with Crippen molar-refractivity contribution in [2.24, 2.45) is 0 Å². The number of ether oxygens (including phenoxy) is 1. The Morgan fingerprint density at radius 2 is 2.13 bits per heavy atom. The molecule has 0 saturated carbocycles. The van der Waals surface area contributed by atoms with Crippen molar-refractivity contribution < 1.29 is 9.13 Å². The predicted molar refractivity (Wildman–Crippen MR) is 55.0 cm³/mol. The van der Waals surface area contributed by atoms with Crippen molar-refractivity contribution in [1.29, 1.82) is 5.26 Å². The molecule has 4 heteroatoms. The summed E-state index contributed by atoms with van der Waals surface area (Å²) in [4.78, 5) is 0. The first-order valence-corrected chi connectivity index (χ1v) is 4.71. The maximum absolute atomic E-state index is 12.5. The van der Waals surface area contributed by atoms with E-state index in [1.165, 1.54) is 12.1 Å². The molecule has 80 valence electrons. The van der Waals surface area contributed by atoms with Gasteiger partial charge >= 0.3 is 0 Å². The lowest BCUT2D eigenvalue weighted by atomic mass is 10.2. The number of halogens is 1. The van der Waals surface area contributed by atoms with E-state index in [0.717, 1.165) is 0 Å². The normalized spacial score (nSPS) is 11.8. The molecule has 1 aromatic carbocycles. The van der Waals surface area contributed by atoms with Gasteiger partial charge < -0.3 is 10.1 Å². The molecule has 0 heterocycles. The molecule has 0 bridgehead atoms. The molecule has 0 saturated heterocycles. The molecule has 0 aliphatic carbocycles. The summed E-state index contributed by atoms with van der Waals surface area (Å²) in [6.45, 7) is 0.435. The molecule has 1 N–H and O–H groups in total. The van der Waals surface area contributed by atoms with Crippen molar-refractivity contribution in [3.05, 3.63) is 30.1 Å². The fourth-order valence-corrected chi connectivity index (χ4v) is 1.10.